The monoisotopic (exact) mass is 666 g/mol. The fourth-order valence-electron chi connectivity index (χ4n) is 7.38. The van der Waals surface area contributed by atoms with Crippen LogP contribution in [0, 0.1) is 35.7 Å². The van der Waals surface area contributed by atoms with Crippen LogP contribution in [0.1, 0.15) is 57.6 Å². The van der Waals surface area contributed by atoms with Crippen molar-refractivity contribution in [3.8, 4) is 0 Å². The lowest BCUT2D eigenvalue weighted by atomic mass is 9.88. The number of urea groups is 1. The van der Waals surface area contributed by atoms with Crippen molar-refractivity contribution >= 4 is 52.2 Å². The quantitative estimate of drug-likeness (QED) is 0.0844. The van der Waals surface area contributed by atoms with Crippen molar-refractivity contribution < 1.29 is 24.4 Å². The normalized spacial score (nSPS) is 22.3. The lowest BCUT2D eigenvalue weighted by molar-refractivity contribution is -0.125. The fraction of sp³-hybridized carbons (Fsp3) is 0.472. The smallest absolute Gasteiger partial charge is 0.318 e. The molecule has 6 N–H and O–H groups in total. The van der Waals surface area contributed by atoms with Gasteiger partial charge in [0.2, 0.25) is 17.5 Å². The first kappa shape index (κ1) is 33.6. The molecule has 1 heterocycles. The van der Waals surface area contributed by atoms with Crippen LogP contribution in [0.4, 0.5) is 21.9 Å². The summed E-state index contributed by atoms with van der Waals surface area (Å²) in [4.78, 5) is 59.9. The van der Waals surface area contributed by atoms with Gasteiger partial charge in [0.25, 0.3) is 5.91 Å². The largest absolute Gasteiger partial charge is 0.410 e. The topological polar surface area (TPSA) is 180 Å². The molecule has 2 saturated carbocycles. The number of hydrogen-bond acceptors (Lipinski definition) is 7. The molecule has 1 unspecified atom stereocenters. The molecule has 1 aliphatic heterocycles. The molecule has 0 aromatic heterocycles. The summed E-state index contributed by atoms with van der Waals surface area (Å²) >= 11 is 0. The Kier molecular flexibility index (Phi) is 9.16. The second-order valence-corrected chi connectivity index (χ2v) is 14.1. The minimum Gasteiger partial charge on any atom is -0.410 e. The number of amides is 5. The Labute approximate surface area is 285 Å². The number of para-hydroxylation sites is 2. The van der Waals surface area contributed by atoms with E-state index >= 15 is 0 Å². The highest BCUT2D eigenvalue weighted by molar-refractivity contribution is 6.65. The highest BCUT2D eigenvalue weighted by Crippen LogP contribution is 2.51. The maximum absolute atomic E-state index is 14.3. The summed E-state index contributed by atoms with van der Waals surface area (Å²) in [5.74, 6) is -0.925. The van der Waals surface area contributed by atoms with Crippen molar-refractivity contribution in [3.63, 3.8) is 0 Å². The van der Waals surface area contributed by atoms with Gasteiger partial charge in [-0.1, -0.05) is 43.3 Å². The third kappa shape index (κ3) is 6.72. The summed E-state index contributed by atoms with van der Waals surface area (Å²) < 4.78 is 0. The van der Waals surface area contributed by atoms with Crippen LogP contribution in [0.5, 0.6) is 0 Å². The molecule has 4 aliphatic rings. The van der Waals surface area contributed by atoms with Crippen molar-refractivity contribution in [1.82, 2.24) is 15.5 Å². The van der Waals surface area contributed by atoms with Gasteiger partial charge in [0, 0.05) is 30.8 Å². The maximum atomic E-state index is 14.3. The maximum Gasteiger partial charge on any atom is 0.318 e. The predicted octanol–water partition coefficient (Wildman–Crippen LogP) is 4.49. The SMILES string of the molecule is [C-]#[N+]c1ccccc1NC(=O)C1(N2C[C@@H](C(C)C)NC2=O)Cc2ccc(NC(=O)[C@@H](NC(=O)/C(=N/O)C(C)=N)C(C3CC3)C3CC3)cc2C1. The summed E-state index contributed by atoms with van der Waals surface area (Å²) in [5.41, 5.74) is 0.851. The molecule has 0 radical (unpaired) electrons. The third-order valence-electron chi connectivity index (χ3n) is 10.3. The lowest BCUT2D eigenvalue weighted by Crippen LogP contribution is -2.59. The molecule has 6 rings (SSSR count). The molecule has 2 aromatic carbocycles. The van der Waals surface area contributed by atoms with Crippen LogP contribution in [0.2, 0.25) is 0 Å². The molecule has 2 aromatic rings. The number of rotatable bonds is 12. The molecule has 3 aliphatic carbocycles. The van der Waals surface area contributed by atoms with E-state index in [0.717, 1.165) is 36.8 Å². The third-order valence-corrected chi connectivity index (χ3v) is 10.3. The summed E-state index contributed by atoms with van der Waals surface area (Å²) in [6, 6.07) is 10.8. The van der Waals surface area contributed by atoms with Crippen LogP contribution in [-0.4, -0.2) is 69.5 Å². The zero-order valence-electron chi connectivity index (χ0n) is 27.9. The van der Waals surface area contributed by atoms with Crippen LogP contribution in [0.3, 0.4) is 0 Å². The van der Waals surface area contributed by atoms with E-state index in [9.17, 15) is 24.4 Å². The van der Waals surface area contributed by atoms with E-state index < -0.39 is 35.0 Å². The van der Waals surface area contributed by atoms with Crippen molar-refractivity contribution in [2.75, 3.05) is 17.2 Å². The zero-order chi connectivity index (χ0) is 35.0. The average molecular weight is 667 g/mol. The summed E-state index contributed by atoms with van der Waals surface area (Å²) in [6.45, 7) is 13.3. The molecule has 13 nitrogen and oxygen atoms in total. The molecule has 13 heteroatoms. The fourth-order valence-corrected chi connectivity index (χ4v) is 7.38. The number of benzene rings is 2. The standard InChI is InChI=1S/C36H42N8O5/c1-19(2)28-18-44(35(48)41-28)36(34(47)40-27-8-6-5-7-26(27)38-4)16-23-13-14-25(15-24(23)17-36)39-33(46)31(29(21-9-10-21)22-11-12-22)42-32(45)30(43-49)20(3)37/h5-8,13-15,19,21-22,28-29,31,37,49H,9-12,16-18H2,1-3H3,(H,39,46)(H,40,47)(H,41,48)(H,42,45)/b37-20?,43-30+/t28-,31-,36?/m0/s1. The minimum atomic E-state index is -1.28. The molecule has 0 bridgehead atoms. The van der Waals surface area contributed by atoms with E-state index in [1.807, 2.05) is 26.0 Å². The van der Waals surface area contributed by atoms with Gasteiger partial charge in [-0.2, -0.15) is 0 Å². The number of hydrogen-bond donors (Lipinski definition) is 6. The first-order valence-corrected chi connectivity index (χ1v) is 16.8. The molecular weight excluding hydrogens is 624 g/mol. The summed E-state index contributed by atoms with van der Waals surface area (Å²) in [7, 11) is 0. The first-order chi connectivity index (χ1) is 23.4. The molecule has 1 saturated heterocycles. The minimum absolute atomic E-state index is 0.0818. The molecule has 5 amide bonds. The van der Waals surface area contributed by atoms with Gasteiger partial charge in [-0.25, -0.2) is 9.64 Å². The first-order valence-electron chi connectivity index (χ1n) is 16.8. The molecule has 49 heavy (non-hydrogen) atoms. The van der Waals surface area contributed by atoms with Crippen LogP contribution >= 0.6 is 0 Å². The molecular formula is C36H42N8O5. The van der Waals surface area contributed by atoms with Crippen molar-refractivity contribution in [3.05, 3.63) is 65.0 Å². The highest BCUT2D eigenvalue weighted by Gasteiger charge is 2.54. The number of anilines is 2. The van der Waals surface area contributed by atoms with Crippen LogP contribution in [0.15, 0.2) is 47.6 Å². The average Bonchev–Trinajstić information content (AvgIpc) is 4.00. The van der Waals surface area contributed by atoms with Gasteiger partial charge in [0.05, 0.1) is 18.3 Å². The summed E-state index contributed by atoms with van der Waals surface area (Å²) in [5, 5.41) is 31.9. The molecule has 0 spiro atoms. The predicted molar refractivity (Wildman–Crippen MR) is 184 cm³/mol. The van der Waals surface area contributed by atoms with Gasteiger partial charge in [-0.3, -0.25) is 14.4 Å². The number of nitrogens with one attached hydrogen (secondary N) is 5. The van der Waals surface area contributed by atoms with E-state index in [-0.39, 0.29) is 42.5 Å². The van der Waals surface area contributed by atoms with Gasteiger partial charge in [0.15, 0.2) is 5.71 Å². The zero-order valence-corrected chi connectivity index (χ0v) is 27.9. The van der Waals surface area contributed by atoms with E-state index in [1.54, 1.807) is 35.2 Å². The van der Waals surface area contributed by atoms with Crippen LogP contribution < -0.4 is 21.3 Å². The van der Waals surface area contributed by atoms with Gasteiger partial charge in [0.1, 0.15) is 11.6 Å². The van der Waals surface area contributed by atoms with Crippen LogP contribution in [-0.2, 0) is 27.2 Å². The Hall–Kier alpha value is -5.25. The Morgan fingerprint density at radius 1 is 1.06 bits per heavy atom. The number of carbonyl (C=O) groups excluding carboxylic acids is 4. The van der Waals surface area contributed by atoms with Crippen molar-refractivity contribution in [2.45, 2.75) is 76.9 Å². The molecule has 256 valence electrons. The highest BCUT2D eigenvalue weighted by atomic mass is 16.4. The van der Waals surface area contributed by atoms with Gasteiger partial charge in [-0.15, -0.1) is 0 Å². The van der Waals surface area contributed by atoms with Gasteiger partial charge >= 0.3 is 6.03 Å². The number of carbonyl (C=O) groups is 4. The Morgan fingerprint density at radius 3 is 2.33 bits per heavy atom. The Morgan fingerprint density at radius 2 is 1.73 bits per heavy atom. The lowest BCUT2D eigenvalue weighted by Gasteiger charge is -2.37. The second-order valence-electron chi connectivity index (χ2n) is 14.1. The van der Waals surface area contributed by atoms with Gasteiger partial charge < -0.3 is 36.8 Å². The van der Waals surface area contributed by atoms with Crippen LogP contribution in [0.25, 0.3) is 4.85 Å². The second kappa shape index (κ2) is 13.3. The molecule has 3 fully saturated rings. The Balaban J connectivity index is 1.28. The Bertz CT molecular complexity index is 1760. The van der Waals surface area contributed by atoms with E-state index in [1.165, 1.54) is 6.92 Å². The molecule has 3 atom stereocenters. The number of nitrogens with zero attached hydrogens (tertiary/aromatic N) is 3. The van der Waals surface area contributed by atoms with Crippen molar-refractivity contribution in [1.29, 1.82) is 5.41 Å². The van der Waals surface area contributed by atoms with E-state index in [2.05, 4.69) is 31.3 Å². The van der Waals surface area contributed by atoms with Gasteiger partial charge in [-0.05, 0) is 85.6 Å². The summed E-state index contributed by atoms with van der Waals surface area (Å²) in [6.07, 6.45) is 4.31. The van der Waals surface area contributed by atoms with Crippen molar-refractivity contribution in [2.24, 2.45) is 28.8 Å². The number of oxime groups is 1. The van der Waals surface area contributed by atoms with E-state index in [0.29, 0.717) is 35.4 Å². The van der Waals surface area contributed by atoms with E-state index in [4.69, 9.17) is 12.0 Å². The number of fused-ring (bicyclic) bond motifs is 1.